The molecule has 2 unspecified atom stereocenters. The van der Waals surface area contributed by atoms with Gasteiger partial charge in [0.05, 0.1) is 12.1 Å². The van der Waals surface area contributed by atoms with Crippen LogP contribution in [0.3, 0.4) is 0 Å². The first kappa shape index (κ1) is 16.7. The number of hydrogen-bond acceptors (Lipinski definition) is 3. The normalized spacial score (nSPS) is 16.3. The second-order valence-corrected chi connectivity index (χ2v) is 6.58. The Morgan fingerprint density at radius 3 is 2.25 bits per heavy atom. The number of hydrogen-bond donors (Lipinski definition) is 3. The summed E-state index contributed by atoms with van der Waals surface area (Å²) in [5, 5.41) is 12.5. The number of carbonyl (C=O) groups is 1. The van der Waals surface area contributed by atoms with E-state index in [0.29, 0.717) is 0 Å². The van der Waals surface area contributed by atoms with Crippen molar-refractivity contribution < 1.29 is 9.90 Å². The van der Waals surface area contributed by atoms with Gasteiger partial charge in [-0.3, -0.25) is 4.79 Å². The van der Waals surface area contributed by atoms with Crippen LogP contribution >= 0.6 is 0 Å². The summed E-state index contributed by atoms with van der Waals surface area (Å²) in [5.41, 5.74) is 6.00. The minimum Gasteiger partial charge on any atom is -0.394 e. The average molecular weight is 278 g/mol. The molecule has 0 radical (unpaired) electrons. The van der Waals surface area contributed by atoms with Gasteiger partial charge in [0, 0.05) is 12.5 Å². The van der Waals surface area contributed by atoms with Gasteiger partial charge in [0.2, 0.25) is 5.91 Å². The highest BCUT2D eigenvalue weighted by molar-refractivity contribution is 5.77. The van der Waals surface area contributed by atoms with Crippen LogP contribution in [0.5, 0.6) is 0 Å². The van der Waals surface area contributed by atoms with Crippen molar-refractivity contribution in [3.05, 3.63) is 35.9 Å². The SMILES string of the molecule is CC(CO)(NC(=O)CC(N)C(C)(C)C)c1ccccc1. The zero-order valence-electron chi connectivity index (χ0n) is 12.8. The topological polar surface area (TPSA) is 75.3 Å². The van der Waals surface area contributed by atoms with Gasteiger partial charge in [-0.25, -0.2) is 0 Å². The van der Waals surface area contributed by atoms with E-state index in [9.17, 15) is 9.90 Å². The summed E-state index contributed by atoms with van der Waals surface area (Å²) in [5.74, 6) is -0.146. The summed E-state index contributed by atoms with van der Waals surface area (Å²) >= 11 is 0. The van der Waals surface area contributed by atoms with Gasteiger partial charge in [-0.05, 0) is 17.9 Å². The third kappa shape index (κ3) is 4.32. The van der Waals surface area contributed by atoms with E-state index in [1.165, 1.54) is 0 Å². The van der Waals surface area contributed by atoms with Gasteiger partial charge in [-0.2, -0.15) is 0 Å². The molecule has 0 fully saturated rings. The summed E-state index contributed by atoms with van der Waals surface area (Å²) in [6.45, 7) is 7.67. The molecule has 4 nitrogen and oxygen atoms in total. The Morgan fingerprint density at radius 2 is 1.80 bits per heavy atom. The monoisotopic (exact) mass is 278 g/mol. The first-order valence-electron chi connectivity index (χ1n) is 6.92. The van der Waals surface area contributed by atoms with Gasteiger partial charge in [0.25, 0.3) is 0 Å². The van der Waals surface area contributed by atoms with E-state index in [0.717, 1.165) is 5.56 Å². The lowest BCUT2D eigenvalue weighted by molar-refractivity contribution is -0.124. The maximum Gasteiger partial charge on any atom is 0.222 e. The average Bonchev–Trinajstić information content (AvgIpc) is 2.38. The fourth-order valence-corrected chi connectivity index (χ4v) is 1.87. The predicted octanol–water partition coefficient (Wildman–Crippen LogP) is 1.77. The highest BCUT2D eigenvalue weighted by Crippen LogP contribution is 2.22. The van der Waals surface area contributed by atoms with E-state index < -0.39 is 5.54 Å². The molecule has 0 saturated carbocycles. The molecule has 1 aromatic rings. The molecular formula is C16H26N2O2. The first-order valence-corrected chi connectivity index (χ1v) is 6.92. The van der Waals surface area contributed by atoms with Crippen LogP contribution in [0, 0.1) is 5.41 Å². The molecule has 0 bridgehead atoms. The Balaban J connectivity index is 2.77. The van der Waals surface area contributed by atoms with Gasteiger partial charge < -0.3 is 16.2 Å². The molecular weight excluding hydrogens is 252 g/mol. The number of aliphatic hydroxyl groups excluding tert-OH is 1. The molecule has 0 aliphatic rings. The Labute approximate surface area is 121 Å². The number of benzene rings is 1. The molecule has 4 heteroatoms. The second kappa shape index (κ2) is 6.37. The zero-order valence-corrected chi connectivity index (χ0v) is 12.8. The van der Waals surface area contributed by atoms with Crippen molar-refractivity contribution in [3.8, 4) is 0 Å². The Morgan fingerprint density at radius 1 is 1.25 bits per heavy atom. The van der Waals surface area contributed by atoms with Gasteiger partial charge in [0.1, 0.15) is 0 Å². The van der Waals surface area contributed by atoms with Crippen molar-refractivity contribution in [2.45, 2.75) is 45.7 Å². The van der Waals surface area contributed by atoms with Crippen molar-refractivity contribution in [3.63, 3.8) is 0 Å². The van der Waals surface area contributed by atoms with E-state index in [1.807, 2.05) is 58.0 Å². The number of rotatable bonds is 5. The Bertz CT molecular complexity index is 440. The van der Waals surface area contributed by atoms with Crippen LogP contribution in [0.2, 0.25) is 0 Å². The molecule has 20 heavy (non-hydrogen) atoms. The van der Waals surface area contributed by atoms with Crippen LogP contribution in [-0.4, -0.2) is 23.7 Å². The lowest BCUT2D eigenvalue weighted by atomic mass is 9.85. The van der Waals surface area contributed by atoms with Gasteiger partial charge >= 0.3 is 0 Å². The van der Waals surface area contributed by atoms with Crippen LogP contribution in [0.15, 0.2) is 30.3 Å². The molecule has 0 aliphatic heterocycles. The number of nitrogens with one attached hydrogen (secondary N) is 1. The fraction of sp³-hybridized carbons (Fsp3) is 0.562. The van der Waals surface area contributed by atoms with Crippen LogP contribution < -0.4 is 11.1 Å². The minimum atomic E-state index is -0.782. The van der Waals surface area contributed by atoms with E-state index >= 15 is 0 Å². The van der Waals surface area contributed by atoms with Crippen LogP contribution in [-0.2, 0) is 10.3 Å². The van der Waals surface area contributed by atoms with E-state index in [2.05, 4.69) is 5.32 Å². The highest BCUT2D eigenvalue weighted by atomic mass is 16.3. The van der Waals surface area contributed by atoms with Crippen LogP contribution in [0.4, 0.5) is 0 Å². The standard InChI is InChI=1S/C16H26N2O2/c1-15(2,3)13(17)10-14(20)18-16(4,11-19)12-8-6-5-7-9-12/h5-9,13,19H,10-11,17H2,1-4H3,(H,18,20). The van der Waals surface area contributed by atoms with Crippen LogP contribution in [0.1, 0.15) is 39.7 Å². The summed E-state index contributed by atoms with van der Waals surface area (Å²) in [4.78, 5) is 12.1. The number of nitrogens with two attached hydrogens (primary N) is 1. The predicted molar refractivity (Wildman–Crippen MR) is 81.1 cm³/mol. The molecule has 0 aromatic heterocycles. The van der Waals surface area contributed by atoms with Crippen molar-refractivity contribution in [1.29, 1.82) is 0 Å². The molecule has 112 valence electrons. The maximum atomic E-state index is 12.1. The second-order valence-electron chi connectivity index (χ2n) is 6.58. The summed E-state index contributed by atoms with van der Waals surface area (Å²) < 4.78 is 0. The zero-order chi connectivity index (χ0) is 15.4. The smallest absolute Gasteiger partial charge is 0.222 e. The maximum absolute atomic E-state index is 12.1. The van der Waals surface area contributed by atoms with E-state index in [-0.39, 0.29) is 30.4 Å². The highest BCUT2D eigenvalue weighted by Gasteiger charge is 2.30. The molecule has 4 N–H and O–H groups in total. The minimum absolute atomic E-state index is 0.125. The molecule has 0 saturated heterocycles. The fourth-order valence-electron chi connectivity index (χ4n) is 1.87. The summed E-state index contributed by atoms with van der Waals surface area (Å²) in [6.07, 6.45) is 0.242. The quantitative estimate of drug-likeness (QED) is 0.768. The third-order valence-corrected chi connectivity index (χ3v) is 3.66. The van der Waals surface area contributed by atoms with E-state index in [4.69, 9.17) is 5.73 Å². The molecule has 2 atom stereocenters. The van der Waals surface area contributed by atoms with Gasteiger partial charge in [0.15, 0.2) is 0 Å². The van der Waals surface area contributed by atoms with Crippen LogP contribution in [0.25, 0.3) is 0 Å². The Hall–Kier alpha value is -1.39. The third-order valence-electron chi connectivity index (χ3n) is 3.66. The van der Waals surface area contributed by atoms with Crippen molar-refractivity contribution >= 4 is 5.91 Å². The number of aliphatic hydroxyl groups is 1. The molecule has 0 spiro atoms. The molecule has 1 aromatic carbocycles. The summed E-state index contributed by atoms with van der Waals surface area (Å²) in [7, 11) is 0. The molecule has 0 heterocycles. The van der Waals surface area contributed by atoms with Crippen molar-refractivity contribution in [2.24, 2.45) is 11.1 Å². The van der Waals surface area contributed by atoms with Gasteiger partial charge in [-0.1, -0.05) is 51.1 Å². The Kier molecular flexibility index (Phi) is 5.31. The molecule has 1 amide bonds. The van der Waals surface area contributed by atoms with E-state index in [1.54, 1.807) is 0 Å². The lowest BCUT2D eigenvalue weighted by Gasteiger charge is -2.32. The largest absolute Gasteiger partial charge is 0.394 e. The molecule has 0 aliphatic carbocycles. The van der Waals surface area contributed by atoms with Gasteiger partial charge in [-0.15, -0.1) is 0 Å². The first-order chi connectivity index (χ1) is 9.19. The number of amides is 1. The van der Waals surface area contributed by atoms with Crippen molar-refractivity contribution in [2.75, 3.05) is 6.61 Å². The van der Waals surface area contributed by atoms with Crippen molar-refractivity contribution in [1.82, 2.24) is 5.32 Å². The molecule has 1 rings (SSSR count). The lowest BCUT2D eigenvalue weighted by Crippen LogP contribution is -2.49. The summed E-state index contributed by atoms with van der Waals surface area (Å²) in [6, 6.07) is 9.23. The number of carbonyl (C=O) groups excluding carboxylic acids is 1.